The third-order valence-corrected chi connectivity index (χ3v) is 4.60. The Balaban J connectivity index is 2.05. The average Bonchev–Trinajstić information content (AvgIpc) is 3.06. The predicted molar refractivity (Wildman–Crippen MR) is 111 cm³/mol. The maximum absolute atomic E-state index is 12.7. The second kappa shape index (κ2) is 9.01. The van der Waals surface area contributed by atoms with Crippen LogP contribution in [-0.4, -0.2) is 40.8 Å². The first-order valence-electron chi connectivity index (χ1n) is 8.96. The molecule has 1 aromatic carbocycles. The topological polar surface area (TPSA) is 105 Å². The first-order valence-corrected chi connectivity index (χ1v) is 9.78. The van der Waals surface area contributed by atoms with Crippen LogP contribution >= 0.6 is 11.3 Å². The number of benzene rings is 1. The summed E-state index contributed by atoms with van der Waals surface area (Å²) in [5.41, 5.74) is 0.482. The van der Waals surface area contributed by atoms with Crippen LogP contribution in [0.15, 0.2) is 24.3 Å². The summed E-state index contributed by atoms with van der Waals surface area (Å²) in [7, 11) is 1.61. The maximum Gasteiger partial charge on any atom is 0.315 e. The van der Waals surface area contributed by atoms with Crippen LogP contribution < -0.4 is 20.7 Å². The zero-order valence-corrected chi connectivity index (χ0v) is 17.8. The van der Waals surface area contributed by atoms with E-state index in [-0.39, 0.29) is 11.8 Å². The summed E-state index contributed by atoms with van der Waals surface area (Å²) < 4.78 is 5.14. The Morgan fingerprint density at radius 2 is 1.75 bits per heavy atom. The summed E-state index contributed by atoms with van der Waals surface area (Å²) in [5, 5.41) is 17.5. The van der Waals surface area contributed by atoms with Crippen molar-refractivity contribution in [1.29, 1.82) is 0 Å². The standard InChI is InChI=1S/C19H27N5O3S/c1-11(2)14(20-17(26)22-19(3,4)5)15(25)21-18-24-23-16(28-18)12-7-9-13(27-6)10-8-12/h7-11,14H,1-6H3,(H2,20,22,26)(H,21,24,25)/t14-/m1/s1. The molecule has 0 bridgehead atoms. The molecule has 1 atom stereocenters. The van der Waals surface area contributed by atoms with Crippen LogP contribution in [0.2, 0.25) is 0 Å². The average molecular weight is 406 g/mol. The Labute approximate surface area is 169 Å². The van der Waals surface area contributed by atoms with Gasteiger partial charge < -0.3 is 15.4 Å². The fourth-order valence-electron chi connectivity index (χ4n) is 2.36. The quantitative estimate of drug-likeness (QED) is 0.684. The molecule has 9 heteroatoms. The Hall–Kier alpha value is -2.68. The molecule has 1 heterocycles. The number of nitrogens with one attached hydrogen (secondary N) is 3. The van der Waals surface area contributed by atoms with Gasteiger partial charge in [0.25, 0.3) is 0 Å². The van der Waals surface area contributed by atoms with Crippen molar-refractivity contribution < 1.29 is 14.3 Å². The molecular formula is C19H27N5O3S. The Morgan fingerprint density at radius 1 is 1.11 bits per heavy atom. The third kappa shape index (κ3) is 6.19. The lowest BCUT2D eigenvalue weighted by Crippen LogP contribution is -2.54. The lowest BCUT2D eigenvalue weighted by Gasteiger charge is -2.25. The van der Waals surface area contributed by atoms with E-state index in [2.05, 4.69) is 26.1 Å². The molecule has 2 aromatic rings. The number of hydrogen-bond acceptors (Lipinski definition) is 6. The Kier molecular flexibility index (Phi) is 6.95. The Bertz CT molecular complexity index is 812. The van der Waals surface area contributed by atoms with E-state index in [4.69, 9.17) is 4.74 Å². The van der Waals surface area contributed by atoms with E-state index in [0.717, 1.165) is 11.3 Å². The minimum atomic E-state index is -0.698. The highest BCUT2D eigenvalue weighted by Crippen LogP contribution is 2.28. The molecular weight excluding hydrogens is 378 g/mol. The molecule has 1 aromatic heterocycles. The minimum Gasteiger partial charge on any atom is -0.497 e. The van der Waals surface area contributed by atoms with E-state index in [0.29, 0.717) is 10.1 Å². The molecule has 0 radical (unpaired) electrons. The summed E-state index contributed by atoms with van der Waals surface area (Å²) in [4.78, 5) is 24.8. The number of hydrogen-bond donors (Lipinski definition) is 3. The molecule has 0 unspecified atom stereocenters. The van der Waals surface area contributed by atoms with Crippen LogP contribution in [0, 0.1) is 5.92 Å². The van der Waals surface area contributed by atoms with Gasteiger partial charge in [-0.25, -0.2) is 4.79 Å². The van der Waals surface area contributed by atoms with Gasteiger partial charge >= 0.3 is 6.03 Å². The fraction of sp³-hybridized carbons (Fsp3) is 0.474. The number of nitrogens with zero attached hydrogens (tertiary/aromatic N) is 2. The number of rotatable bonds is 6. The molecule has 3 amide bonds. The summed E-state index contributed by atoms with van der Waals surface area (Å²) in [6.45, 7) is 9.35. The van der Waals surface area contributed by atoms with Crippen molar-refractivity contribution in [2.45, 2.75) is 46.2 Å². The van der Waals surface area contributed by atoms with E-state index in [1.54, 1.807) is 7.11 Å². The molecule has 0 saturated heterocycles. The monoisotopic (exact) mass is 405 g/mol. The number of aromatic nitrogens is 2. The van der Waals surface area contributed by atoms with Crippen LogP contribution in [-0.2, 0) is 4.79 Å². The first-order chi connectivity index (χ1) is 13.1. The van der Waals surface area contributed by atoms with E-state index in [1.165, 1.54) is 11.3 Å². The highest BCUT2D eigenvalue weighted by atomic mass is 32.1. The molecule has 2 rings (SSSR count). The van der Waals surface area contributed by atoms with Gasteiger partial charge in [-0.1, -0.05) is 25.2 Å². The molecule has 0 aliphatic carbocycles. The van der Waals surface area contributed by atoms with Gasteiger partial charge in [-0.15, -0.1) is 10.2 Å². The van der Waals surface area contributed by atoms with Gasteiger partial charge in [-0.05, 0) is 51.0 Å². The number of carbonyl (C=O) groups is 2. The molecule has 0 aliphatic rings. The van der Waals surface area contributed by atoms with Crippen molar-refractivity contribution in [3.05, 3.63) is 24.3 Å². The van der Waals surface area contributed by atoms with Gasteiger partial charge in [0.1, 0.15) is 16.8 Å². The van der Waals surface area contributed by atoms with Crippen LogP contribution in [0.1, 0.15) is 34.6 Å². The number of ether oxygens (including phenoxy) is 1. The van der Waals surface area contributed by atoms with Crippen LogP contribution in [0.5, 0.6) is 5.75 Å². The van der Waals surface area contributed by atoms with Crippen molar-refractivity contribution in [3.63, 3.8) is 0 Å². The van der Waals surface area contributed by atoms with Gasteiger partial charge in [0.2, 0.25) is 11.0 Å². The van der Waals surface area contributed by atoms with Crippen LogP contribution in [0.4, 0.5) is 9.93 Å². The molecule has 0 spiro atoms. The lowest BCUT2D eigenvalue weighted by molar-refractivity contribution is -0.118. The summed E-state index contributed by atoms with van der Waals surface area (Å²) >= 11 is 1.26. The molecule has 0 fully saturated rings. The van der Waals surface area contributed by atoms with Gasteiger partial charge in [0.15, 0.2) is 0 Å². The van der Waals surface area contributed by atoms with Gasteiger partial charge in [-0.2, -0.15) is 0 Å². The minimum absolute atomic E-state index is 0.0975. The first kappa shape index (κ1) is 21.6. The normalized spacial score (nSPS) is 12.4. The lowest BCUT2D eigenvalue weighted by atomic mass is 10.0. The zero-order chi connectivity index (χ0) is 20.9. The van der Waals surface area contributed by atoms with Crippen LogP contribution in [0.3, 0.4) is 0 Å². The molecule has 8 nitrogen and oxygen atoms in total. The molecule has 152 valence electrons. The largest absolute Gasteiger partial charge is 0.497 e. The van der Waals surface area contributed by atoms with Gasteiger partial charge in [0.05, 0.1) is 7.11 Å². The van der Waals surface area contributed by atoms with E-state index in [9.17, 15) is 9.59 Å². The Morgan fingerprint density at radius 3 is 2.29 bits per heavy atom. The van der Waals surface area contributed by atoms with Crippen molar-refractivity contribution >= 4 is 28.4 Å². The third-order valence-electron chi connectivity index (χ3n) is 3.72. The number of carbonyl (C=O) groups excluding carboxylic acids is 2. The van der Waals surface area contributed by atoms with Crippen molar-refractivity contribution in [2.24, 2.45) is 5.92 Å². The number of urea groups is 1. The molecule has 0 saturated carbocycles. The summed E-state index contributed by atoms with van der Waals surface area (Å²) in [6, 6.07) is 6.33. The van der Waals surface area contributed by atoms with E-state index in [1.807, 2.05) is 58.9 Å². The number of anilines is 1. The highest BCUT2D eigenvalue weighted by Gasteiger charge is 2.26. The summed E-state index contributed by atoms with van der Waals surface area (Å²) in [5.74, 6) is 0.317. The van der Waals surface area contributed by atoms with E-state index < -0.39 is 17.6 Å². The zero-order valence-electron chi connectivity index (χ0n) is 17.0. The maximum atomic E-state index is 12.7. The number of methoxy groups -OCH3 is 1. The van der Waals surface area contributed by atoms with Crippen molar-refractivity contribution in [2.75, 3.05) is 12.4 Å². The SMILES string of the molecule is COc1ccc(-c2nnc(NC(=O)[C@H](NC(=O)NC(C)(C)C)C(C)C)s2)cc1. The molecule has 0 aliphatic heterocycles. The second-order valence-electron chi connectivity index (χ2n) is 7.70. The van der Waals surface area contributed by atoms with Crippen LogP contribution in [0.25, 0.3) is 10.6 Å². The molecule has 28 heavy (non-hydrogen) atoms. The summed E-state index contributed by atoms with van der Waals surface area (Å²) in [6.07, 6.45) is 0. The van der Waals surface area contributed by atoms with Gasteiger partial charge in [-0.3, -0.25) is 10.1 Å². The highest BCUT2D eigenvalue weighted by molar-refractivity contribution is 7.18. The predicted octanol–water partition coefficient (Wildman–Crippen LogP) is 3.27. The van der Waals surface area contributed by atoms with Gasteiger partial charge in [0, 0.05) is 11.1 Å². The van der Waals surface area contributed by atoms with Crippen molar-refractivity contribution in [3.8, 4) is 16.3 Å². The number of amides is 3. The second-order valence-corrected chi connectivity index (χ2v) is 8.68. The fourth-order valence-corrected chi connectivity index (χ4v) is 3.11. The van der Waals surface area contributed by atoms with Crippen molar-refractivity contribution in [1.82, 2.24) is 20.8 Å². The smallest absolute Gasteiger partial charge is 0.315 e. The molecule has 3 N–H and O–H groups in total. The van der Waals surface area contributed by atoms with E-state index >= 15 is 0 Å².